The molecule has 0 radical (unpaired) electrons. The lowest BCUT2D eigenvalue weighted by atomic mass is 10.0. The van der Waals surface area contributed by atoms with Crippen molar-refractivity contribution in [3.05, 3.63) is 24.3 Å². The van der Waals surface area contributed by atoms with E-state index in [-0.39, 0.29) is 6.61 Å². The van der Waals surface area contributed by atoms with E-state index in [1.165, 1.54) is 32.1 Å². The van der Waals surface area contributed by atoms with E-state index >= 15 is 0 Å². The van der Waals surface area contributed by atoms with Gasteiger partial charge in [0.1, 0.15) is 11.8 Å². The van der Waals surface area contributed by atoms with Crippen LogP contribution in [0.5, 0.6) is 5.75 Å². The zero-order valence-electron chi connectivity index (χ0n) is 11.6. The molecule has 0 bridgehead atoms. The molecule has 1 aliphatic rings. The van der Waals surface area contributed by atoms with Crippen LogP contribution in [0.15, 0.2) is 24.3 Å². The summed E-state index contributed by atoms with van der Waals surface area (Å²) in [6.07, 6.45) is 6.45. The van der Waals surface area contributed by atoms with Crippen LogP contribution < -0.4 is 10.1 Å². The van der Waals surface area contributed by atoms with Crippen molar-refractivity contribution in [2.75, 3.05) is 11.9 Å². The molecular weight excluding hydrogens is 236 g/mol. The summed E-state index contributed by atoms with van der Waals surface area (Å²) < 4.78 is 5.33. The smallest absolute Gasteiger partial charge is 0.174 e. The quantitative estimate of drug-likeness (QED) is 0.831. The van der Waals surface area contributed by atoms with E-state index in [2.05, 4.69) is 18.3 Å². The third-order valence-electron chi connectivity index (χ3n) is 3.77. The molecule has 3 heteroatoms. The first-order chi connectivity index (χ1) is 9.28. The van der Waals surface area contributed by atoms with Gasteiger partial charge in [-0.1, -0.05) is 25.8 Å². The van der Waals surface area contributed by atoms with Gasteiger partial charge in [0, 0.05) is 17.8 Å². The maximum Gasteiger partial charge on any atom is 0.174 e. The van der Waals surface area contributed by atoms with Crippen LogP contribution in [0.4, 0.5) is 5.69 Å². The number of ether oxygens (including phenoxy) is 1. The highest BCUT2D eigenvalue weighted by Gasteiger charge is 2.15. The first-order valence-electron chi connectivity index (χ1n) is 7.14. The van der Waals surface area contributed by atoms with Crippen LogP contribution in [0.3, 0.4) is 0 Å². The van der Waals surface area contributed by atoms with Gasteiger partial charge in [0.2, 0.25) is 0 Å². The predicted molar refractivity (Wildman–Crippen MR) is 77.2 cm³/mol. The minimum absolute atomic E-state index is 0.102. The number of hydrogen-bond acceptors (Lipinski definition) is 3. The predicted octanol–water partition coefficient (Wildman–Crippen LogP) is 3.97. The molecule has 0 heterocycles. The maximum absolute atomic E-state index is 8.52. The van der Waals surface area contributed by atoms with Gasteiger partial charge in [-0.2, -0.15) is 5.26 Å². The lowest BCUT2D eigenvalue weighted by Crippen LogP contribution is -2.18. The van der Waals surface area contributed by atoms with Gasteiger partial charge in [-0.25, -0.2) is 0 Å². The number of rotatable bonds is 4. The van der Waals surface area contributed by atoms with Crippen molar-refractivity contribution in [1.29, 1.82) is 5.26 Å². The van der Waals surface area contributed by atoms with Crippen LogP contribution in [0.2, 0.25) is 0 Å². The Kier molecular flexibility index (Phi) is 5.09. The Labute approximate surface area is 115 Å². The van der Waals surface area contributed by atoms with Crippen LogP contribution in [-0.2, 0) is 0 Å². The molecule has 0 aliphatic heterocycles. The van der Waals surface area contributed by atoms with E-state index in [0.717, 1.165) is 17.4 Å². The standard InChI is InChI=1S/C16H22N2O/c1-13-4-2-5-14(9-8-13)18-15-6-3-7-16(12-15)19-11-10-17/h3,6-7,12-14,18H,2,4-5,8-9,11H2,1H3. The van der Waals surface area contributed by atoms with E-state index in [1.54, 1.807) is 0 Å². The van der Waals surface area contributed by atoms with Gasteiger partial charge < -0.3 is 10.1 Å². The molecule has 1 aliphatic carbocycles. The monoisotopic (exact) mass is 258 g/mol. The highest BCUT2D eigenvalue weighted by molar-refractivity contribution is 5.48. The molecule has 1 aromatic rings. The molecule has 0 saturated heterocycles. The molecule has 2 rings (SSSR count). The Morgan fingerprint density at radius 2 is 2.21 bits per heavy atom. The molecule has 102 valence electrons. The Hall–Kier alpha value is -1.69. The van der Waals surface area contributed by atoms with Gasteiger partial charge in [0.05, 0.1) is 0 Å². The van der Waals surface area contributed by atoms with Crippen molar-refractivity contribution >= 4 is 5.69 Å². The molecular formula is C16H22N2O. The summed E-state index contributed by atoms with van der Waals surface area (Å²) in [5, 5.41) is 12.1. The number of hydrogen-bond donors (Lipinski definition) is 1. The lowest BCUT2D eigenvalue weighted by molar-refractivity contribution is 0.368. The largest absolute Gasteiger partial charge is 0.479 e. The SMILES string of the molecule is CC1CCCC(Nc2cccc(OCC#N)c2)CC1. The molecule has 1 saturated carbocycles. The average Bonchev–Trinajstić information content (AvgIpc) is 2.62. The fraction of sp³-hybridized carbons (Fsp3) is 0.562. The zero-order chi connectivity index (χ0) is 13.5. The second-order valence-corrected chi connectivity index (χ2v) is 5.43. The normalized spacial score (nSPS) is 23.2. The summed E-state index contributed by atoms with van der Waals surface area (Å²) in [5.74, 6) is 1.62. The Morgan fingerprint density at radius 3 is 3.05 bits per heavy atom. The lowest BCUT2D eigenvalue weighted by Gasteiger charge is -2.18. The number of anilines is 1. The highest BCUT2D eigenvalue weighted by Crippen LogP contribution is 2.26. The van der Waals surface area contributed by atoms with Gasteiger partial charge in [0.15, 0.2) is 6.61 Å². The third-order valence-corrected chi connectivity index (χ3v) is 3.77. The summed E-state index contributed by atoms with van der Waals surface area (Å²) in [6, 6.07) is 10.4. The molecule has 3 nitrogen and oxygen atoms in total. The fourth-order valence-electron chi connectivity index (χ4n) is 2.66. The van der Waals surface area contributed by atoms with E-state index in [0.29, 0.717) is 6.04 Å². The number of benzene rings is 1. The number of nitrogens with one attached hydrogen (secondary N) is 1. The minimum atomic E-state index is 0.102. The van der Waals surface area contributed by atoms with Crippen molar-refractivity contribution in [2.24, 2.45) is 5.92 Å². The van der Waals surface area contributed by atoms with Crippen molar-refractivity contribution in [1.82, 2.24) is 0 Å². The van der Waals surface area contributed by atoms with Crippen molar-refractivity contribution < 1.29 is 4.74 Å². The van der Waals surface area contributed by atoms with Gasteiger partial charge in [0.25, 0.3) is 0 Å². The summed E-state index contributed by atoms with van der Waals surface area (Å²) in [4.78, 5) is 0. The zero-order valence-corrected chi connectivity index (χ0v) is 11.6. The van der Waals surface area contributed by atoms with Crippen molar-refractivity contribution in [2.45, 2.75) is 45.1 Å². The minimum Gasteiger partial charge on any atom is -0.479 e. The number of nitrogens with zero attached hydrogens (tertiary/aromatic N) is 1. The molecule has 2 unspecified atom stereocenters. The molecule has 1 fully saturated rings. The van der Waals surface area contributed by atoms with Crippen LogP contribution in [0.1, 0.15) is 39.0 Å². The maximum atomic E-state index is 8.52. The van der Waals surface area contributed by atoms with E-state index in [1.807, 2.05) is 24.3 Å². The van der Waals surface area contributed by atoms with Gasteiger partial charge in [-0.05, 0) is 37.3 Å². The Bertz CT molecular complexity index is 439. The van der Waals surface area contributed by atoms with Gasteiger partial charge >= 0.3 is 0 Å². The summed E-state index contributed by atoms with van der Waals surface area (Å²) in [5.41, 5.74) is 1.09. The average molecular weight is 258 g/mol. The molecule has 0 spiro atoms. The second-order valence-electron chi connectivity index (χ2n) is 5.43. The fourth-order valence-corrected chi connectivity index (χ4v) is 2.66. The summed E-state index contributed by atoms with van der Waals surface area (Å²) in [6.45, 7) is 2.45. The first kappa shape index (κ1) is 13.7. The molecule has 2 atom stereocenters. The highest BCUT2D eigenvalue weighted by atomic mass is 16.5. The van der Waals surface area contributed by atoms with Crippen LogP contribution in [-0.4, -0.2) is 12.6 Å². The summed E-state index contributed by atoms with van der Waals surface area (Å²) in [7, 11) is 0. The van der Waals surface area contributed by atoms with Crippen LogP contribution >= 0.6 is 0 Å². The van der Waals surface area contributed by atoms with Crippen molar-refractivity contribution in [3.8, 4) is 11.8 Å². The molecule has 0 aromatic heterocycles. The molecule has 0 amide bonds. The third kappa shape index (κ3) is 4.48. The second kappa shape index (κ2) is 7.04. The van der Waals surface area contributed by atoms with Crippen molar-refractivity contribution in [3.63, 3.8) is 0 Å². The summed E-state index contributed by atoms with van der Waals surface area (Å²) >= 11 is 0. The Morgan fingerprint density at radius 1 is 1.32 bits per heavy atom. The van der Waals surface area contributed by atoms with E-state index < -0.39 is 0 Å². The molecule has 1 N–H and O–H groups in total. The topological polar surface area (TPSA) is 45.0 Å². The molecule has 1 aromatic carbocycles. The number of nitriles is 1. The first-order valence-corrected chi connectivity index (χ1v) is 7.14. The van der Waals surface area contributed by atoms with Crippen LogP contribution in [0, 0.1) is 17.2 Å². The van der Waals surface area contributed by atoms with Crippen LogP contribution in [0.25, 0.3) is 0 Å². The van der Waals surface area contributed by atoms with Gasteiger partial charge in [-0.3, -0.25) is 0 Å². The Balaban J connectivity index is 1.92. The van der Waals surface area contributed by atoms with Gasteiger partial charge in [-0.15, -0.1) is 0 Å². The van der Waals surface area contributed by atoms with E-state index in [9.17, 15) is 0 Å². The molecule has 19 heavy (non-hydrogen) atoms. The van der Waals surface area contributed by atoms with E-state index in [4.69, 9.17) is 10.00 Å².